The Hall–Kier alpha value is -2.03. The number of nitro groups is 1. The van der Waals surface area contributed by atoms with Gasteiger partial charge >= 0.3 is 0 Å². The zero-order valence-corrected chi connectivity index (χ0v) is 13.6. The van der Waals surface area contributed by atoms with E-state index in [4.69, 9.17) is 4.42 Å². The number of rotatable bonds is 2. The maximum atomic E-state index is 10.9. The molecule has 21 heavy (non-hydrogen) atoms. The highest BCUT2D eigenvalue weighted by atomic mass is 127. The van der Waals surface area contributed by atoms with Crippen molar-refractivity contribution in [2.75, 3.05) is 0 Å². The van der Waals surface area contributed by atoms with Gasteiger partial charge in [-0.1, -0.05) is 0 Å². The molecule has 0 radical (unpaired) electrons. The van der Waals surface area contributed by atoms with E-state index in [1.165, 1.54) is 12.1 Å². The molecular formula is C14H12IN3O3. The molecule has 0 saturated heterocycles. The Morgan fingerprint density at radius 2 is 1.95 bits per heavy atom. The molecule has 0 aliphatic heterocycles. The Labute approximate surface area is 137 Å². The molecule has 0 spiro atoms. The summed E-state index contributed by atoms with van der Waals surface area (Å²) in [5, 5.41) is 10.9. The zero-order valence-electron chi connectivity index (χ0n) is 11.4. The van der Waals surface area contributed by atoms with Crippen LogP contribution in [0.25, 0.3) is 22.6 Å². The van der Waals surface area contributed by atoms with E-state index in [2.05, 4.69) is 4.98 Å². The second-order valence-electron chi connectivity index (χ2n) is 4.64. The first-order chi connectivity index (χ1) is 9.54. The number of halogens is 1. The molecule has 0 aliphatic carbocycles. The van der Waals surface area contributed by atoms with Crippen molar-refractivity contribution in [1.82, 2.24) is 4.98 Å². The zero-order chi connectivity index (χ0) is 14.3. The minimum absolute atomic E-state index is 0. The Balaban J connectivity index is 0.00000161. The van der Waals surface area contributed by atoms with E-state index in [-0.39, 0.29) is 29.7 Å². The lowest BCUT2D eigenvalue weighted by Gasteiger charge is -1.94. The third-order valence-corrected chi connectivity index (χ3v) is 3.10. The highest BCUT2D eigenvalue weighted by Crippen LogP contribution is 2.29. The van der Waals surface area contributed by atoms with E-state index in [0.717, 1.165) is 5.56 Å². The van der Waals surface area contributed by atoms with E-state index in [1.807, 2.05) is 36.1 Å². The average molecular weight is 397 g/mol. The fraction of sp³-hybridized carbons (Fsp3) is 0.143. The predicted octanol–water partition coefficient (Wildman–Crippen LogP) is -0.460. The van der Waals surface area contributed by atoms with Crippen molar-refractivity contribution in [3.05, 3.63) is 52.3 Å². The number of non-ortho nitro benzene ring substituents is 1. The molecule has 0 N–H and O–H groups in total. The normalized spacial score (nSPS) is 10.4. The van der Waals surface area contributed by atoms with Crippen LogP contribution < -0.4 is 28.5 Å². The molecule has 2 heterocycles. The van der Waals surface area contributed by atoms with Crippen molar-refractivity contribution in [3.8, 4) is 11.5 Å². The summed E-state index contributed by atoms with van der Waals surface area (Å²) in [6.45, 7) is 1.77. The molecular weight excluding hydrogens is 385 g/mol. The van der Waals surface area contributed by atoms with Crippen LogP contribution in [-0.4, -0.2) is 9.91 Å². The third-order valence-electron chi connectivity index (χ3n) is 3.10. The van der Waals surface area contributed by atoms with Crippen LogP contribution in [0.2, 0.25) is 0 Å². The molecule has 0 bridgehead atoms. The molecule has 0 fully saturated rings. The van der Waals surface area contributed by atoms with Crippen LogP contribution in [0.5, 0.6) is 0 Å². The van der Waals surface area contributed by atoms with Crippen molar-refractivity contribution in [2.24, 2.45) is 7.05 Å². The minimum Gasteiger partial charge on any atom is -1.00 e. The number of fused-ring (bicyclic) bond motifs is 1. The molecule has 3 aromatic rings. The van der Waals surface area contributed by atoms with E-state index in [9.17, 15) is 10.1 Å². The summed E-state index contributed by atoms with van der Waals surface area (Å²) in [5.41, 5.74) is 2.64. The van der Waals surface area contributed by atoms with Gasteiger partial charge in [0.25, 0.3) is 5.69 Å². The molecule has 6 nitrogen and oxygen atoms in total. The van der Waals surface area contributed by atoms with Crippen molar-refractivity contribution in [2.45, 2.75) is 6.92 Å². The van der Waals surface area contributed by atoms with E-state index >= 15 is 0 Å². The molecule has 1 aromatic carbocycles. The summed E-state index contributed by atoms with van der Waals surface area (Å²) in [7, 11) is 1.92. The Morgan fingerprint density at radius 1 is 1.29 bits per heavy atom. The van der Waals surface area contributed by atoms with Gasteiger partial charge in [-0.3, -0.25) is 10.1 Å². The van der Waals surface area contributed by atoms with E-state index in [1.54, 1.807) is 6.92 Å². The van der Waals surface area contributed by atoms with Gasteiger partial charge in [-0.25, -0.2) is 9.55 Å². The summed E-state index contributed by atoms with van der Waals surface area (Å²) in [4.78, 5) is 14.8. The average Bonchev–Trinajstić information content (AvgIpc) is 2.84. The number of hydrogen-bond donors (Lipinski definition) is 0. The third kappa shape index (κ3) is 2.87. The van der Waals surface area contributed by atoms with Crippen molar-refractivity contribution < 1.29 is 37.9 Å². The number of pyridine rings is 1. The topological polar surface area (TPSA) is 73.1 Å². The summed E-state index contributed by atoms with van der Waals surface area (Å²) in [6, 6.07) is 6.68. The first-order valence-electron chi connectivity index (χ1n) is 6.06. The molecule has 0 atom stereocenters. The lowest BCUT2D eigenvalue weighted by atomic mass is 10.2. The molecule has 108 valence electrons. The van der Waals surface area contributed by atoms with Gasteiger partial charge in [-0.05, 0) is 6.92 Å². The van der Waals surface area contributed by atoms with Gasteiger partial charge in [0.2, 0.25) is 5.89 Å². The van der Waals surface area contributed by atoms with Gasteiger partial charge in [-0.15, -0.1) is 0 Å². The van der Waals surface area contributed by atoms with Crippen LogP contribution in [0.3, 0.4) is 0 Å². The van der Waals surface area contributed by atoms with Crippen LogP contribution >= 0.6 is 0 Å². The van der Waals surface area contributed by atoms with Crippen LogP contribution in [0.1, 0.15) is 5.56 Å². The lowest BCUT2D eigenvalue weighted by Crippen LogP contribution is -3.00. The van der Waals surface area contributed by atoms with Crippen molar-refractivity contribution in [1.29, 1.82) is 0 Å². The molecule has 3 rings (SSSR count). The van der Waals surface area contributed by atoms with Gasteiger partial charge in [-0.2, -0.15) is 0 Å². The quantitative estimate of drug-likeness (QED) is 0.254. The fourth-order valence-electron chi connectivity index (χ4n) is 2.05. The maximum Gasteiger partial charge on any atom is 0.272 e. The minimum atomic E-state index is -0.427. The maximum absolute atomic E-state index is 10.9. The highest BCUT2D eigenvalue weighted by Gasteiger charge is 2.16. The Kier molecular flexibility index (Phi) is 4.21. The van der Waals surface area contributed by atoms with Gasteiger partial charge in [0.1, 0.15) is 12.6 Å². The monoisotopic (exact) mass is 397 g/mol. The SMILES string of the molecule is Cc1cc([N+](=O)[O-])cc2nc(-c3cc[n+](C)cc3)oc12.[I-]. The summed E-state index contributed by atoms with van der Waals surface area (Å²) >= 11 is 0. The van der Waals surface area contributed by atoms with Crippen LogP contribution in [0, 0.1) is 17.0 Å². The van der Waals surface area contributed by atoms with Gasteiger partial charge in [0.15, 0.2) is 18.0 Å². The summed E-state index contributed by atoms with van der Waals surface area (Å²) in [6.07, 6.45) is 3.78. The van der Waals surface area contributed by atoms with Crippen molar-refractivity contribution >= 4 is 16.8 Å². The summed E-state index contributed by atoms with van der Waals surface area (Å²) in [5.74, 6) is 0.462. The second kappa shape index (κ2) is 5.76. The largest absolute Gasteiger partial charge is 1.00 e. The molecule has 0 amide bonds. The predicted molar refractivity (Wildman–Crippen MR) is 72.0 cm³/mol. The van der Waals surface area contributed by atoms with Gasteiger partial charge in [0, 0.05) is 35.4 Å². The van der Waals surface area contributed by atoms with Gasteiger partial charge < -0.3 is 28.4 Å². The Bertz CT molecular complexity index is 812. The molecule has 2 aromatic heterocycles. The van der Waals surface area contributed by atoms with Crippen LogP contribution in [-0.2, 0) is 7.05 Å². The van der Waals surface area contributed by atoms with Gasteiger partial charge in [0.05, 0.1) is 4.92 Å². The molecule has 0 aliphatic rings. The van der Waals surface area contributed by atoms with Crippen LogP contribution in [0.15, 0.2) is 41.1 Å². The standard InChI is InChI=1S/C14H12N3O3.HI/c1-9-7-11(17(18)19)8-12-13(9)20-14(15-12)10-3-5-16(2)6-4-10;/h3-8H,1-2H3;1H/q+1;/p-1. The second-order valence-corrected chi connectivity index (χ2v) is 4.64. The fourth-order valence-corrected chi connectivity index (χ4v) is 2.05. The number of aryl methyl sites for hydroxylation is 2. The number of oxazole rings is 1. The van der Waals surface area contributed by atoms with Crippen molar-refractivity contribution in [3.63, 3.8) is 0 Å². The number of aromatic nitrogens is 2. The lowest BCUT2D eigenvalue weighted by molar-refractivity contribution is -0.671. The number of nitrogens with zero attached hydrogens (tertiary/aromatic N) is 3. The Morgan fingerprint density at radius 3 is 2.57 bits per heavy atom. The highest BCUT2D eigenvalue weighted by molar-refractivity contribution is 5.81. The van der Waals surface area contributed by atoms with Crippen LogP contribution in [0.4, 0.5) is 5.69 Å². The smallest absolute Gasteiger partial charge is 0.272 e. The van der Waals surface area contributed by atoms with E-state index in [0.29, 0.717) is 22.6 Å². The number of benzene rings is 1. The first kappa shape index (κ1) is 15.4. The molecule has 0 saturated carbocycles. The molecule has 7 heteroatoms. The first-order valence-corrected chi connectivity index (χ1v) is 6.06. The number of hydrogen-bond acceptors (Lipinski definition) is 4. The number of nitro benzene ring substituents is 1. The van der Waals surface area contributed by atoms with E-state index < -0.39 is 4.92 Å². The molecule has 0 unspecified atom stereocenters. The summed E-state index contributed by atoms with van der Waals surface area (Å²) < 4.78 is 7.62.